The van der Waals surface area contributed by atoms with Crippen molar-refractivity contribution < 1.29 is 18.3 Å². The van der Waals surface area contributed by atoms with Crippen LogP contribution >= 0.6 is 11.8 Å². The summed E-state index contributed by atoms with van der Waals surface area (Å²) >= 11 is 1.46. The van der Waals surface area contributed by atoms with Crippen LogP contribution in [0.3, 0.4) is 0 Å². The molecule has 0 radical (unpaired) electrons. The molecule has 0 spiro atoms. The van der Waals surface area contributed by atoms with Gasteiger partial charge in [0.2, 0.25) is 10.0 Å². The number of hydrogen-bond donors (Lipinski definition) is 1. The van der Waals surface area contributed by atoms with Crippen LogP contribution in [0.15, 0.2) is 53.4 Å². The highest BCUT2D eigenvalue weighted by Crippen LogP contribution is 2.32. The molecule has 0 atom stereocenters. The van der Waals surface area contributed by atoms with Crippen molar-refractivity contribution in [3.8, 4) is 0 Å². The number of aromatic carboxylic acids is 1. The van der Waals surface area contributed by atoms with Gasteiger partial charge in [0.15, 0.2) is 0 Å². The quantitative estimate of drug-likeness (QED) is 0.805. The van der Waals surface area contributed by atoms with E-state index < -0.39 is 16.0 Å². The van der Waals surface area contributed by atoms with E-state index in [1.165, 1.54) is 17.8 Å². The number of benzene rings is 2. The zero-order valence-corrected chi connectivity index (χ0v) is 14.4. The largest absolute Gasteiger partial charge is 0.478 e. The van der Waals surface area contributed by atoms with Crippen molar-refractivity contribution in [3.63, 3.8) is 0 Å². The molecule has 0 saturated carbocycles. The van der Waals surface area contributed by atoms with Crippen LogP contribution < -0.4 is 4.31 Å². The maximum Gasteiger partial charge on any atom is 0.335 e. The third-order valence-electron chi connectivity index (χ3n) is 3.01. The second-order valence-corrected chi connectivity index (χ2v) is 7.99. The van der Waals surface area contributed by atoms with Crippen LogP contribution in [0.5, 0.6) is 0 Å². The first kappa shape index (κ1) is 17.4. The number of nitrogens with zero attached hydrogens (tertiary/aromatic N) is 1. The molecule has 0 aliphatic rings. The number of para-hydroxylation sites is 1. The lowest BCUT2D eigenvalue weighted by atomic mass is 10.2. The Balaban J connectivity index is 2.65. The molecule has 0 fully saturated rings. The summed E-state index contributed by atoms with van der Waals surface area (Å²) in [5.74, 6) is -0.335. The number of carboxylic acids is 1. The molecule has 23 heavy (non-hydrogen) atoms. The number of carboxylic acid groups (broad SMARTS) is 1. The van der Waals surface area contributed by atoms with E-state index in [2.05, 4.69) is 0 Å². The van der Waals surface area contributed by atoms with Gasteiger partial charge in [0.1, 0.15) is 0 Å². The third-order valence-corrected chi connectivity index (χ3v) is 4.95. The molecule has 0 aliphatic carbocycles. The number of hydrogen-bond acceptors (Lipinski definition) is 4. The van der Waals surface area contributed by atoms with Crippen molar-refractivity contribution in [3.05, 3.63) is 54.1 Å². The number of anilines is 2. The van der Waals surface area contributed by atoms with Crippen molar-refractivity contribution in [1.29, 1.82) is 0 Å². The van der Waals surface area contributed by atoms with Crippen LogP contribution in [0.2, 0.25) is 0 Å². The fourth-order valence-electron chi connectivity index (χ4n) is 2.17. The van der Waals surface area contributed by atoms with E-state index in [0.29, 0.717) is 16.3 Å². The molecule has 0 bridgehead atoms. The lowest BCUT2D eigenvalue weighted by Crippen LogP contribution is -2.25. The van der Waals surface area contributed by atoms with E-state index in [9.17, 15) is 18.3 Å². The Morgan fingerprint density at radius 3 is 2.30 bits per heavy atom. The Hall–Kier alpha value is -1.99. The maximum atomic E-state index is 12.3. The SMILES string of the molecule is CCSc1cc(C(=O)O)cc(N(c2ccccc2)S(C)(=O)=O)c1. The van der Waals surface area contributed by atoms with Crippen LogP contribution in [-0.4, -0.2) is 31.5 Å². The van der Waals surface area contributed by atoms with Crippen LogP contribution in [0, 0.1) is 0 Å². The highest BCUT2D eigenvalue weighted by Gasteiger charge is 2.21. The average molecular weight is 351 g/mol. The van der Waals surface area contributed by atoms with E-state index in [-0.39, 0.29) is 5.56 Å². The molecule has 0 saturated heterocycles. The van der Waals surface area contributed by atoms with Crippen molar-refractivity contribution in [2.45, 2.75) is 11.8 Å². The third kappa shape index (κ3) is 4.27. The molecule has 2 aromatic carbocycles. The smallest absolute Gasteiger partial charge is 0.335 e. The van der Waals surface area contributed by atoms with Gasteiger partial charge >= 0.3 is 5.97 Å². The van der Waals surface area contributed by atoms with Crippen LogP contribution in [0.4, 0.5) is 11.4 Å². The normalized spacial score (nSPS) is 11.2. The van der Waals surface area contributed by atoms with Gasteiger partial charge in [0, 0.05) is 4.90 Å². The van der Waals surface area contributed by atoms with Gasteiger partial charge < -0.3 is 5.11 Å². The molecule has 0 aromatic heterocycles. The van der Waals surface area contributed by atoms with E-state index in [0.717, 1.165) is 16.3 Å². The topological polar surface area (TPSA) is 74.7 Å². The molecule has 2 rings (SSSR count). The highest BCUT2D eigenvalue weighted by molar-refractivity contribution is 7.99. The summed E-state index contributed by atoms with van der Waals surface area (Å²) in [6, 6.07) is 13.2. The molecular weight excluding hydrogens is 334 g/mol. The Morgan fingerprint density at radius 1 is 1.13 bits per heavy atom. The number of sulfonamides is 1. The van der Waals surface area contributed by atoms with Gasteiger partial charge in [0.05, 0.1) is 23.2 Å². The number of thioether (sulfide) groups is 1. The first-order chi connectivity index (χ1) is 10.8. The predicted molar refractivity (Wildman–Crippen MR) is 93.2 cm³/mol. The number of rotatable bonds is 6. The first-order valence-electron chi connectivity index (χ1n) is 6.89. The van der Waals surface area contributed by atoms with Gasteiger partial charge in [-0.15, -0.1) is 11.8 Å². The van der Waals surface area contributed by atoms with Crippen LogP contribution in [0.1, 0.15) is 17.3 Å². The summed E-state index contributed by atoms with van der Waals surface area (Å²) in [5.41, 5.74) is 0.836. The first-order valence-corrected chi connectivity index (χ1v) is 9.73. The van der Waals surface area contributed by atoms with E-state index >= 15 is 0 Å². The minimum Gasteiger partial charge on any atom is -0.478 e. The molecule has 0 heterocycles. The molecule has 2 aromatic rings. The zero-order valence-electron chi connectivity index (χ0n) is 12.8. The average Bonchev–Trinajstić information content (AvgIpc) is 2.47. The van der Waals surface area contributed by atoms with E-state index in [1.807, 2.05) is 6.92 Å². The fraction of sp³-hybridized carbons (Fsp3) is 0.188. The number of carbonyl (C=O) groups is 1. The van der Waals surface area contributed by atoms with Gasteiger partial charge in [-0.25, -0.2) is 17.5 Å². The summed E-state index contributed by atoms with van der Waals surface area (Å²) in [4.78, 5) is 12.1. The second-order valence-electron chi connectivity index (χ2n) is 4.82. The Bertz CT molecular complexity index is 804. The lowest BCUT2D eigenvalue weighted by molar-refractivity contribution is 0.0696. The summed E-state index contributed by atoms with van der Waals surface area (Å²) < 4.78 is 25.7. The second kappa shape index (κ2) is 7.06. The predicted octanol–water partition coefficient (Wildman–Crippen LogP) is 3.59. The molecule has 122 valence electrons. The molecule has 0 amide bonds. The van der Waals surface area contributed by atoms with Gasteiger partial charge in [0.25, 0.3) is 0 Å². The van der Waals surface area contributed by atoms with E-state index in [4.69, 9.17) is 0 Å². The van der Waals surface area contributed by atoms with Crippen LogP contribution in [-0.2, 0) is 10.0 Å². The van der Waals surface area contributed by atoms with Crippen molar-refractivity contribution >= 4 is 39.1 Å². The molecule has 1 N–H and O–H groups in total. The maximum absolute atomic E-state index is 12.3. The van der Waals surface area contributed by atoms with Gasteiger partial charge in [-0.2, -0.15) is 0 Å². The van der Waals surface area contributed by atoms with Crippen molar-refractivity contribution in [2.75, 3.05) is 16.3 Å². The van der Waals surface area contributed by atoms with Crippen molar-refractivity contribution in [2.24, 2.45) is 0 Å². The molecular formula is C16H17NO4S2. The zero-order chi connectivity index (χ0) is 17.0. The minimum absolute atomic E-state index is 0.0584. The Morgan fingerprint density at radius 2 is 1.78 bits per heavy atom. The van der Waals surface area contributed by atoms with Crippen molar-refractivity contribution in [1.82, 2.24) is 0 Å². The summed E-state index contributed by atoms with van der Waals surface area (Å²) in [5, 5.41) is 9.28. The van der Waals surface area contributed by atoms with E-state index in [1.54, 1.807) is 42.5 Å². The highest BCUT2D eigenvalue weighted by atomic mass is 32.2. The molecule has 0 unspecified atom stereocenters. The fourth-order valence-corrected chi connectivity index (χ4v) is 3.91. The van der Waals surface area contributed by atoms with Gasteiger partial charge in [-0.1, -0.05) is 25.1 Å². The summed E-state index contributed by atoms with van der Waals surface area (Å²) in [7, 11) is -3.61. The van der Waals surface area contributed by atoms with Gasteiger partial charge in [-0.05, 0) is 36.1 Å². The lowest BCUT2D eigenvalue weighted by Gasteiger charge is -2.23. The summed E-state index contributed by atoms with van der Waals surface area (Å²) in [6.07, 6.45) is 1.10. The minimum atomic E-state index is -3.61. The van der Waals surface area contributed by atoms with Crippen LogP contribution in [0.25, 0.3) is 0 Å². The van der Waals surface area contributed by atoms with Gasteiger partial charge in [-0.3, -0.25) is 0 Å². The summed E-state index contributed by atoms with van der Waals surface area (Å²) in [6.45, 7) is 1.95. The molecule has 0 aliphatic heterocycles. The molecule has 5 nitrogen and oxygen atoms in total. The Kier molecular flexibility index (Phi) is 5.33. The molecule has 7 heteroatoms. The monoisotopic (exact) mass is 351 g/mol. The Labute approximate surface area is 140 Å². The standard InChI is InChI=1S/C16H17NO4S2/c1-3-22-15-10-12(16(18)19)9-14(11-15)17(23(2,20)21)13-7-5-4-6-8-13/h4-11H,3H2,1-2H3,(H,18,19).